The Morgan fingerprint density at radius 2 is 2.00 bits per heavy atom. The number of rotatable bonds is 2. The third kappa shape index (κ3) is 2.23. The van der Waals surface area contributed by atoms with Crippen LogP contribution in [0.5, 0.6) is 0 Å². The fourth-order valence-corrected chi connectivity index (χ4v) is 2.53. The van der Waals surface area contributed by atoms with Crippen LogP contribution in [0, 0.1) is 0 Å². The molecule has 0 aliphatic heterocycles. The van der Waals surface area contributed by atoms with Gasteiger partial charge in [0.25, 0.3) is 0 Å². The van der Waals surface area contributed by atoms with Crippen LogP contribution in [0.25, 0.3) is 22.6 Å². The molecule has 2 aromatic heterocycles. The Bertz CT molecular complexity index is 882. The Balaban J connectivity index is 2.13. The van der Waals surface area contributed by atoms with Gasteiger partial charge in [-0.15, -0.1) is 0 Å². The van der Waals surface area contributed by atoms with Crippen molar-refractivity contribution >= 4 is 26.6 Å². The van der Waals surface area contributed by atoms with Crippen LogP contribution >= 0.6 is 0 Å². The summed E-state index contributed by atoms with van der Waals surface area (Å²) in [6.07, 6.45) is 2.72. The van der Waals surface area contributed by atoms with E-state index in [0.717, 1.165) is 0 Å². The predicted molar refractivity (Wildman–Crippen MR) is 76.8 cm³/mol. The highest BCUT2D eigenvalue weighted by atomic mass is 32.2. The molecule has 0 bridgehead atoms. The van der Waals surface area contributed by atoms with Crippen molar-refractivity contribution in [3.05, 3.63) is 36.5 Å². The van der Waals surface area contributed by atoms with Gasteiger partial charge in [0.05, 0.1) is 27.8 Å². The van der Waals surface area contributed by atoms with E-state index >= 15 is 0 Å². The van der Waals surface area contributed by atoms with Gasteiger partial charge in [0.15, 0.2) is 15.7 Å². The van der Waals surface area contributed by atoms with Crippen LogP contribution in [0.3, 0.4) is 0 Å². The molecule has 0 fully saturated rings. The number of H-pyrrole nitrogens is 1. The smallest absolute Gasteiger partial charge is 0.175 e. The van der Waals surface area contributed by atoms with Gasteiger partial charge in [-0.2, -0.15) is 0 Å². The van der Waals surface area contributed by atoms with E-state index in [1.807, 2.05) is 0 Å². The number of anilines is 1. The zero-order chi connectivity index (χ0) is 14.3. The van der Waals surface area contributed by atoms with Gasteiger partial charge in [-0.3, -0.25) is 4.98 Å². The lowest BCUT2D eigenvalue weighted by atomic mass is 10.3. The van der Waals surface area contributed by atoms with Crippen LogP contribution in [0.2, 0.25) is 0 Å². The molecule has 20 heavy (non-hydrogen) atoms. The van der Waals surface area contributed by atoms with Crippen LogP contribution < -0.4 is 5.73 Å². The molecule has 0 saturated carbocycles. The second-order valence-electron chi connectivity index (χ2n) is 4.51. The zero-order valence-electron chi connectivity index (χ0n) is 10.7. The lowest BCUT2D eigenvalue weighted by molar-refractivity contribution is 0.602. The summed E-state index contributed by atoms with van der Waals surface area (Å²) < 4.78 is 23.1. The number of nitrogen functional groups attached to an aromatic ring is 1. The van der Waals surface area contributed by atoms with E-state index in [-0.39, 0.29) is 4.90 Å². The maximum atomic E-state index is 11.5. The number of fused-ring (bicyclic) bond motifs is 1. The number of aromatic nitrogens is 3. The van der Waals surface area contributed by atoms with Crippen molar-refractivity contribution in [2.24, 2.45) is 0 Å². The molecule has 3 aromatic rings. The monoisotopic (exact) mass is 288 g/mol. The van der Waals surface area contributed by atoms with Gasteiger partial charge in [-0.1, -0.05) is 0 Å². The van der Waals surface area contributed by atoms with Crippen LogP contribution in [0.1, 0.15) is 0 Å². The molecule has 3 rings (SSSR count). The van der Waals surface area contributed by atoms with E-state index in [1.54, 1.807) is 36.5 Å². The lowest BCUT2D eigenvalue weighted by Crippen LogP contribution is -1.96. The third-order valence-electron chi connectivity index (χ3n) is 2.91. The summed E-state index contributed by atoms with van der Waals surface area (Å²) in [6.45, 7) is 0. The first-order valence-corrected chi connectivity index (χ1v) is 7.74. The van der Waals surface area contributed by atoms with Crippen molar-refractivity contribution < 1.29 is 8.42 Å². The molecule has 0 unspecified atom stereocenters. The fourth-order valence-electron chi connectivity index (χ4n) is 1.89. The standard InChI is InChI=1S/C13H12N4O2S/c1-20(18,19)9-3-5-10-12(6-9)17-13(16-10)11-4-2-8(14)7-15-11/h2-7H,14H2,1H3,(H,16,17). The van der Waals surface area contributed by atoms with Gasteiger partial charge in [0, 0.05) is 6.26 Å². The van der Waals surface area contributed by atoms with E-state index in [1.165, 1.54) is 6.26 Å². The molecule has 1 aromatic carbocycles. The number of benzene rings is 1. The van der Waals surface area contributed by atoms with Gasteiger partial charge in [0.1, 0.15) is 5.69 Å². The minimum atomic E-state index is -3.24. The van der Waals surface area contributed by atoms with Crippen molar-refractivity contribution in [3.63, 3.8) is 0 Å². The summed E-state index contributed by atoms with van der Waals surface area (Å²) >= 11 is 0. The Morgan fingerprint density at radius 3 is 2.65 bits per heavy atom. The molecular formula is C13H12N4O2S. The molecule has 102 valence electrons. The van der Waals surface area contributed by atoms with Crippen molar-refractivity contribution in [1.82, 2.24) is 15.0 Å². The third-order valence-corrected chi connectivity index (χ3v) is 4.02. The molecule has 2 heterocycles. The number of nitrogens with zero attached hydrogens (tertiary/aromatic N) is 2. The van der Waals surface area contributed by atoms with Crippen molar-refractivity contribution in [1.29, 1.82) is 0 Å². The largest absolute Gasteiger partial charge is 0.397 e. The molecule has 6 nitrogen and oxygen atoms in total. The molecule has 0 aliphatic rings. The second-order valence-corrected chi connectivity index (χ2v) is 6.53. The highest BCUT2D eigenvalue weighted by Crippen LogP contribution is 2.22. The maximum absolute atomic E-state index is 11.5. The molecule has 7 heteroatoms. The summed E-state index contributed by atoms with van der Waals surface area (Å²) in [7, 11) is -3.24. The number of nitrogens with one attached hydrogen (secondary N) is 1. The number of aromatic amines is 1. The Hall–Kier alpha value is -2.41. The first kappa shape index (κ1) is 12.6. The second kappa shape index (κ2) is 4.31. The van der Waals surface area contributed by atoms with Gasteiger partial charge >= 0.3 is 0 Å². The lowest BCUT2D eigenvalue weighted by Gasteiger charge is -1.96. The fraction of sp³-hybridized carbons (Fsp3) is 0.0769. The number of hydrogen-bond donors (Lipinski definition) is 2. The highest BCUT2D eigenvalue weighted by Gasteiger charge is 2.11. The summed E-state index contributed by atoms with van der Waals surface area (Å²) in [4.78, 5) is 11.9. The topological polar surface area (TPSA) is 102 Å². The molecule has 0 saturated heterocycles. The molecule has 0 spiro atoms. The Morgan fingerprint density at radius 1 is 1.20 bits per heavy atom. The summed E-state index contributed by atoms with van der Waals surface area (Å²) in [6, 6.07) is 8.27. The first-order chi connectivity index (χ1) is 9.43. The van der Waals surface area contributed by atoms with E-state index in [9.17, 15) is 8.42 Å². The Labute approximate surface area is 115 Å². The van der Waals surface area contributed by atoms with E-state index in [4.69, 9.17) is 5.73 Å². The van der Waals surface area contributed by atoms with Crippen molar-refractivity contribution in [2.45, 2.75) is 4.90 Å². The number of hydrogen-bond acceptors (Lipinski definition) is 5. The molecule has 3 N–H and O–H groups in total. The average Bonchev–Trinajstić information content (AvgIpc) is 2.81. The molecule has 0 radical (unpaired) electrons. The summed E-state index contributed by atoms with van der Waals surface area (Å²) in [5.74, 6) is 0.575. The number of imidazole rings is 1. The summed E-state index contributed by atoms with van der Waals surface area (Å²) in [5.41, 5.74) is 8.15. The van der Waals surface area contributed by atoms with E-state index in [2.05, 4.69) is 15.0 Å². The SMILES string of the molecule is CS(=O)(=O)c1ccc2nc(-c3ccc(N)cn3)[nH]c2c1. The summed E-state index contributed by atoms with van der Waals surface area (Å²) in [5, 5.41) is 0. The van der Waals surface area contributed by atoms with Crippen LogP contribution in [0.15, 0.2) is 41.4 Å². The highest BCUT2D eigenvalue weighted by molar-refractivity contribution is 7.90. The van der Waals surface area contributed by atoms with Crippen LogP contribution in [0.4, 0.5) is 5.69 Å². The Kier molecular flexibility index (Phi) is 2.72. The van der Waals surface area contributed by atoms with E-state index in [0.29, 0.717) is 28.2 Å². The van der Waals surface area contributed by atoms with Gasteiger partial charge in [-0.05, 0) is 30.3 Å². The van der Waals surface area contributed by atoms with Gasteiger partial charge < -0.3 is 10.7 Å². The first-order valence-electron chi connectivity index (χ1n) is 5.85. The number of sulfone groups is 1. The minimum absolute atomic E-state index is 0.255. The predicted octanol–water partition coefficient (Wildman–Crippen LogP) is 1.61. The van der Waals surface area contributed by atoms with Gasteiger partial charge in [0.2, 0.25) is 0 Å². The molecule has 0 atom stereocenters. The quantitative estimate of drug-likeness (QED) is 0.746. The van der Waals surface area contributed by atoms with Crippen LogP contribution in [-0.4, -0.2) is 29.6 Å². The average molecular weight is 288 g/mol. The van der Waals surface area contributed by atoms with Crippen LogP contribution in [-0.2, 0) is 9.84 Å². The zero-order valence-corrected chi connectivity index (χ0v) is 11.5. The van der Waals surface area contributed by atoms with E-state index < -0.39 is 9.84 Å². The molecule has 0 aliphatic carbocycles. The minimum Gasteiger partial charge on any atom is -0.397 e. The molecule has 0 amide bonds. The van der Waals surface area contributed by atoms with Crippen molar-refractivity contribution in [3.8, 4) is 11.5 Å². The number of pyridine rings is 1. The number of nitrogens with two attached hydrogens (primary N) is 1. The van der Waals surface area contributed by atoms with Crippen molar-refractivity contribution in [2.75, 3.05) is 12.0 Å². The molecular weight excluding hydrogens is 276 g/mol. The normalized spacial score (nSPS) is 11.8. The van der Waals surface area contributed by atoms with Gasteiger partial charge in [-0.25, -0.2) is 13.4 Å². The maximum Gasteiger partial charge on any atom is 0.175 e.